The van der Waals surface area contributed by atoms with Gasteiger partial charge in [0, 0.05) is 43.9 Å². The first-order chi connectivity index (χ1) is 15.6. The Hall–Kier alpha value is -3.13. The summed E-state index contributed by atoms with van der Waals surface area (Å²) in [6, 6.07) is 17.5. The number of thioether (sulfide) groups is 1. The summed E-state index contributed by atoms with van der Waals surface area (Å²) < 4.78 is 2.04. The number of amides is 2. The fourth-order valence-corrected chi connectivity index (χ4v) is 4.72. The highest BCUT2D eigenvalue weighted by molar-refractivity contribution is 7.99. The van der Waals surface area contributed by atoms with E-state index >= 15 is 0 Å². The molecule has 7 nitrogen and oxygen atoms in total. The second-order valence-corrected chi connectivity index (χ2v) is 8.69. The topological polar surface area (TPSA) is 71.3 Å². The Bertz CT molecular complexity index is 1090. The van der Waals surface area contributed by atoms with Crippen molar-refractivity contribution in [3.05, 3.63) is 65.7 Å². The Morgan fingerprint density at radius 2 is 1.66 bits per heavy atom. The van der Waals surface area contributed by atoms with Crippen molar-refractivity contribution in [1.29, 1.82) is 0 Å². The number of aryl methyl sites for hydroxylation is 1. The molecule has 0 N–H and O–H groups in total. The molecule has 0 aliphatic carbocycles. The predicted octanol–water partition coefficient (Wildman–Crippen LogP) is 3.35. The molecular weight excluding hydrogens is 422 g/mol. The van der Waals surface area contributed by atoms with Crippen LogP contribution in [0.2, 0.25) is 0 Å². The molecule has 8 heteroatoms. The number of carbonyl (C=O) groups is 2. The largest absolute Gasteiger partial charge is 0.338 e. The molecule has 1 saturated heterocycles. The van der Waals surface area contributed by atoms with Gasteiger partial charge in [-0.1, -0.05) is 53.7 Å². The third-order valence-electron chi connectivity index (χ3n) is 5.57. The molecule has 1 aromatic heterocycles. The molecule has 0 atom stereocenters. The van der Waals surface area contributed by atoms with Crippen molar-refractivity contribution in [2.45, 2.75) is 25.5 Å². The Morgan fingerprint density at radius 1 is 0.938 bits per heavy atom. The van der Waals surface area contributed by atoms with Crippen molar-refractivity contribution >= 4 is 23.6 Å². The van der Waals surface area contributed by atoms with E-state index in [4.69, 9.17) is 0 Å². The van der Waals surface area contributed by atoms with E-state index in [0.717, 1.165) is 23.1 Å². The summed E-state index contributed by atoms with van der Waals surface area (Å²) in [6.07, 6.45) is 0. The molecular formula is C24H27N5O2S. The van der Waals surface area contributed by atoms with E-state index in [2.05, 4.69) is 36.2 Å². The minimum atomic E-state index is 0.0202. The van der Waals surface area contributed by atoms with Crippen LogP contribution in [0.3, 0.4) is 0 Å². The third-order valence-corrected chi connectivity index (χ3v) is 6.53. The Balaban J connectivity index is 1.33. The van der Waals surface area contributed by atoms with E-state index in [1.54, 1.807) is 0 Å². The van der Waals surface area contributed by atoms with Gasteiger partial charge in [0.2, 0.25) is 5.91 Å². The minimum absolute atomic E-state index is 0.0202. The lowest BCUT2D eigenvalue weighted by Crippen LogP contribution is -2.51. The lowest BCUT2D eigenvalue weighted by atomic mass is 10.1. The molecule has 1 fully saturated rings. The van der Waals surface area contributed by atoms with Crippen LogP contribution in [-0.2, 0) is 11.3 Å². The van der Waals surface area contributed by atoms with Crippen molar-refractivity contribution in [1.82, 2.24) is 24.6 Å². The van der Waals surface area contributed by atoms with E-state index in [1.807, 2.05) is 56.8 Å². The molecule has 2 aromatic carbocycles. The Labute approximate surface area is 192 Å². The summed E-state index contributed by atoms with van der Waals surface area (Å²) in [7, 11) is 0. The lowest BCUT2D eigenvalue weighted by Gasteiger charge is -2.34. The Morgan fingerprint density at radius 3 is 2.34 bits per heavy atom. The first-order valence-corrected chi connectivity index (χ1v) is 11.8. The maximum absolute atomic E-state index is 12.8. The first kappa shape index (κ1) is 22.1. The molecule has 1 aliphatic rings. The normalized spacial score (nSPS) is 13.9. The van der Waals surface area contributed by atoms with Crippen LogP contribution in [0.1, 0.15) is 22.8 Å². The number of benzene rings is 2. The predicted molar refractivity (Wildman–Crippen MR) is 126 cm³/mol. The second kappa shape index (κ2) is 9.99. The zero-order chi connectivity index (χ0) is 22.5. The van der Waals surface area contributed by atoms with Crippen molar-refractivity contribution in [2.24, 2.45) is 0 Å². The van der Waals surface area contributed by atoms with E-state index < -0.39 is 0 Å². The Kier molecular flexibility index (Phi) is 6.90. The number of nitrogens with zero attached hydrogens (tertiary/aromatic N) is 5. The molecule has 2 heterocycles. The highest BCUT2D eigenvalue weighted by Gasteiger charge is 2.25. The molecule has 0 unspecified atom stereocenters. The van der Waals surface area contributed by atoms with Crippen LogP contribution >= 0.6 is 11.8 Å². The molecule has 32 heavy (non-hydrogen) atoms. The standard InChI is InChI=1S/C24H27N5O2S/c1-3-29-22(20-11-7-8-18(2)16-20)25-26-24(29)32-17-21(30)27-12-14-28(15-13-27)23(31)19-9-5-4-6-10-19/h4-11,16H,3,12-15,17H2,1-2H3. The van der Waals surface area contributed by atoms with Crippen molar-refractivity contribution in [3.8, 4) is 11.4 Å². The van der Waals surface area contributed by atoms with Crippen LogP contribution in [0, 0.1) is 6.92 Å². The summed E-state index contributed by atoms with van der Waals surface area (Å²) in [4.78, 5) is 29.0. The van der Waals surface area contributed by atoms with E-state index in [-0.39, 0.29) is 11.8 Å². The van der Waals surface area contributed by atoms with Crippen LogP contribution < -0.4 is 0 Å². The summed E-state index contributed by atoms with van der Waals surface area (Å²) in [5.41, 5.74) is 2.88. The van der Waals surface area contributed by atoms with Crippen molar-refractivity contribution < 1.29 is 9.59 Å². The number of carbonyl (C=O) groups excluding carboxylic acids is 2. The SMILES string of the molecule is CCn1c(SCC(=O)N2CCN(C(=O)c3ccccc3)CC2)nnc1-c1cccc(C)c1. The van der Waals surface area contributed by atoms with Crippen LogP contribution in [0.15, 0.2) is 59.8 Å². The highest BCUT2D eigenvalue weighted by atomic mass is 32.2. The van der Waals surface area contributed by atoms with E-state index in [1.165, 1.54) is 17.3 Å². The number of aromatic nitrogens is 3. The van der Waals surface area contributed by atoms with Gasteiger partial charge >= 0.3 is 0 Å². The molecule has 2 amide bonds. The molecule has 4 rings (SSSR count). The van der Waals surface area contributed by atoms with Gasteiger partial charge in [0.05, 0.1) is 5.75 Å². The summed E-state index contributed by atoms with van der Waals surface area (Å²) in [6.45, 7) is 7.03. The van der Waals surface area contributed by atoms with Gasteiger partial charge in [-0.2, -0.15) is 0 Å². The minimum Gasteiger partial charge on any atom is -0.338 e. The van der Waals surface area contributed by atoms with Gasteiger partial charge in [-0.25, -0.2) is 0 Å². The monoisotopic (exact) mass is 449 g/mol. The van der Waals surface area contributed by atoms with Gasteiger partial charge in [-0.05, 0) is 32.0 Å². The number of piperazine rings is 1. The highest BCUT2D eigenvalue weighted by Crippen LogP contribution is 2.25. The number of hydrogen-bond acceptors (Lipinski definition) is 5. The van der Waals surface area contributed by atoms with Gasteiger partial charge in [-0.15, -0.1) is 10.2 Å². The molecule has 166 valence electrons. The summed E-state index contributed by atoms with van der Waals surface area (Å²) in [5, 5.41) is 9.45. The van der Waals surface area contributed by atoms with Crippen LogP contribution in [0.4, 0.5) is 0 Å². The number of hydrogen-bond donors (Lipinski definition) is 0. The quantitative estimate of drug-likeness (QED) is 0.540. The van der Waals surface area contributed by atoms with E-state index in [0.29, 0.717) is 37.5 Å². The summed E-state index contributed by atoms with van der Waals surface area (Å²) >= 11 is 1.41. The molecule has 0 bridgehead atoms. The average Bonchev–Trinajstić information content (AvgIpc) is 3.25. The fourth-order valence-electron chi connectivity index (χ4n) is 3.82. The van der Waals surface area contributed by atoms with Crippen LogP contribution in [-0.4, -0.2) is 68.3 Å². The molecule has 0 spiro atoms. The second-order valence-electron chi connectivity index (χ2n) is 7.75. The van der Waals surface area contributed by atoms with Crippen LogP contribution in [0.5, 0.6) is 0 Å². The van der Waals surface area contributed by atoms with Crippen LogP contribution in [0.25, 0.3) is 11.4 Å². The first-order valence-electron chi connectivity index (χ1n) is 10.8. The fraction of sp³-hybridized carbons (Fsp3) is 0.333. The summed E-state index contributed by atoms with van der Waals surface area (Å²) in [5.74, 6) is 1.20. The molecule has 0 saturated carbocycles. The molecule has 1 aliphatic heterocycles. The molecule has 0 radical (unpaired) electrons. The van der Waals surface area contributed by atoms with Crippen molar-refractivity contribution in [3.63, 3.8) is 0 Å². The van der Waals surface area contributed by atoms with Gasteiger partial charge in [0.1, 0.15) is 0 Å². The smallest absolute Gasteiger partial charge is 0.253 e. The van der Waals surface area contributed by atoms with Crippen molar-refractivity contribution in [2.75, 3.05) is 31.9 Å². The average molecular weight is 450 g/mol. The zero-order valence-corrected chi connectivity index (χ0v) is 19.2. The zero-order valence-electron chi connectivity index (χ0n) is 18.4. The van der Waals surface area contributed by atoms with Gasteiger partial charge < -0.3 is 14.4 Å². The van der Waals surface area contributed by atoms with Gasteiger partial charge in [0.25, 0.3) is 5.91 Å². The molecule has 3 aromatic rings. The van der Waals surface area contributed by atoms with Gasteiger partial charge in [0.15, 0.2) is 11.0 Å². The maximum Gasteiger partial charge on any atom is 0.253 e. The third kappa shape index (κ3) is 4.85. The maximum atomic E-state index is 12.8. The lowest BCUT2D eigenvalue weighted by molar-refractivity contribution is -0.129. The van der Waals surface area contributed by atoms with Gasteiger partial charge in [-0.3, -0.25) is 9.59 Å². The number of rotatable bonds is 6. The van der Waals surface area contributed by atoms with E-state index in [9.17, 15) is 9.59 Å².